The van der Waals surface area contributed by atoms with Crippen molar-refractivity contribution in [1.29, 1.82) is 0 Å². The fourth-order valence-electron chi connectivity index (χ4n) is 2.65. The molecule has 1 N–H and O–H groups in total. The van der Waals surface area contributed by atoms with E-state index in [1.54, 1.807) is 0 Å². The van der Waals surface area contributed by atoms with E-state index in [0.717, 1.165) is 36.8 Å². The van der Waals surface area contributed by atoms with Gasteiger partial charge in [-0.25, -0.2) is 0 Å². The lowest BCUT2D eigenvalue weighted by Gasteiger charge is -2.19. The molecule has 0 atom stereocenters. The summed E-state index contributed by atoms with van der Waals surface area (Å²) in [4.78, 5) is 2.37. The van der Waals surface area contributed by atoms with Crippen LogP contribution in [0.15, 0.2) is 42.5 Å². The number of rotatable bonds is 4. The number of benzene rings is 2. The molecule has 0 amide bonds. The molecule has 20 heavy (non-hydrogen) atoms. The topological polar surface area (TPSA) is 15.3 Å². The number of fused-ring (bicyclic) bond motifs is 1. The normalized spacial score (nSPS) is 13.6. The Kier molecular flexibility index (Phi) is 3.95. The molecule has 2 aromatic rings. The van der Waals surface area contributed by atoms with Gasteiger partial charge in [-0.2, -0.15) is 0 Å². The van der Waals surface area contributed by atoms with Gasteiger partial charge in [-0.15, -0.1) is 0 Å². The third-order valence-electron chi connectivity index (χ3n) is 3.81. The van der Waals surface area contributed by atoms with Gasteiger partial charge in [0, 0.05) is 30.3 Å². The number of halogens is 1. The van der Waals surface area contributed by atoms with Crippen LogP contribution in [-0.2, 0) is 19.6 Å². The van der Waals surface area contributed by atoms with Crippen molar-refractivity contribution in [3.63, 3.8) is 0 Å². The van der Waals surface area contributed by atoms with Gasteiger partial charge in [0.2, 0.25) is 0 Å². The zero-order chi connectivity index (χ0) is 13.9. The maximum atomic E-state index is 6.39. The second-order valence-corrected chi connectivity index (χ2v) is 5.59. The summed E-state index contributed by atoms with van der Waals surface area (Å²) in [6, 6.07) is 15.0. The first kappa shape index (κ1) is 13.5. The maximum absolute atomic E-state index is 6.39. The first-order chi connectivity index (χ1) is 9.78. The Hall–Kier alpha value is -1.51. The monoisotopic (exact) mass is 286 g/mol. The van der Waals surface area contributed by atoms with Crippen molar-refractivity contribution in [2.45, 2.75) is 26.6 Å². The van der Waals surface area contributed by atoms with E-state index in [0.29, 0.717) is 0 Å². The summed E-state index contributed by atoms with van der Waals surface area (Å²) < 4.78 is 0. The van der Waals surface area contributed by atoms with Gasteiger partial charge in [-0.05, 0) is 35.4 Å². The van der Waals surface area contributed by atoms with Crippen LogP contribution in [0, 0.1) is 0 Å². The minimum Gasteiger partial charge on any atom is -0.363 e. The molecule has 0 aromatic heterocycles. The van der Waals surface area contributed by atoms with Gasteiger partial charge in [0.15, 0.2) is 0 Å². The lowest BCUT2D eigenvalue weighted by atomic mass is 10.1. The lowest BCUT2D eigenvalue weighted by molar-refractivity contribution is 0.726. The van der Waals surface area contributed by atoms with Crippen molar-refractivity contribution in [2.24, 2.45) is 0 Å². The molecule has 0 saturated heterocycles. The quantitative estimate of drug-likeness (QED) is 0.915. The van der Waals surface area contributed by atoms with Crippen molar-refractivity contribution in [1.82, 2.24) is 5.32 Å². The molecular formula is C17H19ClN2. The van der Waals surface area contributed by atoms with Gasteiger partial charge < -0.3 is 10.2 Å². The van der Waals surface area contributed by atoms with Gasteiger partial charge in [0.1, 0.15) is 0 Å². The third kappa shape index (κ3) is 2.67. The smallest absolute Gasteiger partial charge is 0.0471 e. The first-order valence-corrected chi connectivity index (χ1v) is 7.46. The van der Waals surface area contributed by atoms with E-state index >= 15 is 0 Å². The molecule has 104 valence electrons. The summed E-state index contributed by atoms with van der Waals surface area (Å²) in [5.74, 6) is 0. The Labute approximate surface area is 125 Å². The highest BCUT2D eigenvalue weighted by Gasteiger charge is 2.18. The fraction of sp³-hybridized carbons (Fsp3) is 0.294. The fourth-order valence-corrected chi connectivity index (χ4v) is 2.89. The Bertz CT molecular complexity index is 585. The van der Waals surface area contributed by atoms with Crippen molar-refractivity contribution in [3.05, 3.63) is 64.2 Å². The predicted molar refractivity (Wildman–Crippen MR) is 85.2 cm³/mol. The van der Waals surface area contributed by atoms with Crippen LogP contribution in [0.1, 0.15) is 23.6 Å². The van der Waals surface area contributed by atoms with Crippen LogP contribution in [-0.4, -0.2) is 6.54 Å². The average molecular weight is 287 g/mol. The Morgan fingerprint density at radius 1 is 1.10 bits per heavy atom. The summed E-state index contributed by atoms with van der Waals surface area (Å²) in [6.07, 6.45) is 0. The maximum Gasteiger partial charge on any atom is 0.0471 e. The number of nitrogens with zero attached hydrogens (tertiary/aromatic N) is 1. The number of hydrogen-bond donors (Lipinski definition) is 1. The van der Waals surface area contributed by atoms with Crippen LogP contribution in [0.25, 0.3) is 0 Å². The highest BCUT2D eigenvalue weighted by molar-refractivity contribution is 6.31. The molecular weight excluding hydrogens is 268 g/mol. The van der Waals surface area contributed by atoms with Gasteiger partial charge >= 0.3 is 0 Å². The van der Waals surface area contributed by atoms with Crippen LogP contribution in [0.2, 0.25) is 5.02 Å². The largest absolute Gasteiger partial charge is 0.363 e. The van der Waals surface area contributed by atoms with E-state index in [9.17, 15) is 0 Å². The molecule has 1 aliphatic heterocycles. The SMILES string of the molecule is CCNCc1ccc(N2Cc3ccccc3C2)cc1Cl. The van der Waals surface area contributed by atoms with Gasteiger partial charge in [0.25, 0.3) is 0 Å². The van der Waals surface area contributed by atoms with Crippen molar-refractivity contribution in [3.8, 4) is 0 Å². The molecule has 0 bridgehead atoms. The Morgan fingerprint density at radius 3 is 2.40 bits per heavy atom. The molecule has 0 saturated carbocycles. The van der Waals surface area contributed by atoms with Crippen LogP contribution in [0.3, 0.4) is 0 Å². The van der Waals surface area contributed by atoms with E-state index in [1.165, 1.54) is 16.8 Å². The highest BCUT2D eigenvalue weighted by Crippen LogP contribution is 2.30. The minimum absolute atomic E-state index is 0.829. The number of hydrogen-bond acceptors (Lipinski definition) is 2. The van der Waals surface area contributed by atoms with Crippen LogP contribution in [0.4, 0.5) is 5.69 Å². The molecule has 1 aliphatic rings. The van der Waals surface area contributed by atoms with Gasteiger partial charge in [-0.1, -0.05) is 48.9 Å². The molecule has 2 nitrogen and oxygen atoms in total. The summed E-state index contributed by atoms with van der Waals surface area (Å²) >= 11 is 6.39. The lowest BCUT2D eigenvalue weighted by Crippen LogP contribution is -2.15. The van der Waals surface area contributed by atoms with Crippen LogP contribution < -0.4 is 10.2 Å². The summed E-state index contributed by atoms with van der Waals surface area (Å²) in [6.45, 7) is 5.83. The van der Waals surface area contributed by atoms with Crippen molar-refractivity contribution >= 4 is 17.3 Å². The summed E-state index contributed by atoms with van der Waals surface area (Å²) in [5.41, 5.74) is 5.20. The summed E-state index contributed by atoms with van der Waals surface area (Å²) in [7, 11) is 0. The van der Waals surface area contributed by atoms with Crippen LogP contribution in [0.5, 0.6) is 0 Å². The second kappa shape index (κ2) is 5.86. The third-order valence-corrected chi connectivity index (χ3v) is 4.16. The highest BCUT2D eigenvalue weighted by atomic mass is 35.5. The molecule has 0 fully saturated rings. The zero-order valence-corrected chi connectivity index (χ0v) is 12.5. The molecule has 1 heterocycles. The van der Waals surface area contributed by atoms with E-state index < -0.39 is 0 Å². The standard InChI is InChI=1S/C17H19ClN2/c1-2-19-10-13-7-8-16(9-17(13)18)20-11-14-5-3-4-6-15(14)12-20/h3-9,19H,2,10-12H2,1H3. The van der Waals surface area contributed by atoms with E-state index in [1.807, 2.05) is 0 Å². The predicted octanol–water partition coefficient (Wildman–Crippen LogP) is 3.97. The summed E-state index contributed by atoms with van der Waals surface area (Å²) in [5, 5.41) is 4.16. The Balaban J connectivity index is 1.78. The van der Waals surface area contributed by atoms with E-state index in [2.05, 4.69) is 59.6 Å². The van der Waals surface area contributed by atoms with Crippen molar-refractivity contribution < 1.29 is 0 Å². The molecule has 2 aromatic carbocycles. The molecule has 3 heteroatoms. The minimum atomic E-state index is 0.829. The molecule has 0 radical (unpaired) electrons. The number of anilines is 1. The van der Waals surface area contributed by atoms with E-state index in [-0.39, 0.29) is 0 Å². The first-order valence-electron chi connectivity index (χ1n) is 7.09. The van der Waals surface area contributed by atoms with Crippen molar-refractivity contribution in [2.75, 3.05) is 11.4 Å². The van der Waals surface area contributed by atoms with Gasteiger partial charge in [0.05, 0.1) is 0 Å². The molecule has 3 rings (SSSR count). The Morgan fingerprint density at radius 2 is 1.80 bits per heavy atom. The van der Waals surface area contributed by atoms with Gasteiger partial charge in [-0.3, -0.25) is 0 Å². The second-order valence-electron chi connectivity index (χ2n) is 5.18. The van der Waals surface area contributed by atoms with E-state index in [4.69, 9.17) is 11.6 Å². The number of nitrogens with one attached hydrogen (secondary N) is 1. The molecule has 0 unspecified atom stereocenters. The average Bonchev–Trinajstić information content (AvgIpc) is 2.90. The van der Waals surface area contributed by atoms with Crippen LogP contribution >= 0.6 is 11.6 Å². The molecule has 0 aliphatic carbocycles. The molecule has 0 spiro atoms. The zero-order valence-electron chi connectivity index (χ0n) is 11.7.